The molecule has 1 N–H and O–H groups in total. The number of thioether (sulfide) groups is 1. The van der Waals surface area contributed by atoms with Crippen LogP contribution in [0.5, 0.6) is 0 Å². The molecule has 0 spiro atoms. The molecule has 16 heavy (non-hydrogen) atoms. The number of hydrogen-bond acceptors (Lipinski definition) is 2. The molecule has 0 aliphatic heterocycles. The van der Waals surface area contributed by atoms with Crippen molar-refractivity contribution >= 4 is 23.5 Å². The summed E-state index contributed by atoms with van der Waals surface area (Å²) in [6.07, 6.45) is 3.95. The van der Waals surface area contributed by atoms with Crippen LogP contribution in [0.2, 0.25) is 0 Å². The lowest BCUT2D eigenvalue weighted by Crippen LogP contribution is -2.56. The number of hydrogen-bond donors (Lipinski definition) is 1. The van der Waals surface area contributed by atoms with Crippen molar-refractivity contribution in [1.29, 1.82) is 0 Å². The fourth-order valence-electron chi connectivity index (χ4n) is 2.57. The third-order valence-electron chi connectivity index (χ3n) is 3.95. The van der Waals surface area contributed by atoms with E-state index in [1.165, 1.54) is 19.3 Å². The summed E-state index contributed by atoms with van der Waals surface area (Å²) in [5, 5.41) is 0. The molecule has 0 saturated heterocycles. The van der Waals surface area contributed by atoms with Crippen molar-refractivity contribution in [2.24, 2.45) is 11.8 Å². The molecule has 1 rings (SSSR count). The summed E-state index contributed by atoms with van der Waals surface area (Å²) in [5.74, 6) is 2.45. The first-order chi connectivity index (χ1) is 7.32. The summed E-state index contributed by atoms with van der Waals surface area (Å²) in [7, 11) is 0. The summed E-state index contributed by atoms with van der Waals surface area (Å²) < 4.78 is 0.317. The molecule has 0 amide bonds. The number of halogens is 1. The Labute approximate surface area is 110 Å². The third-order valence-corrected chi connectivity index (χ3v) is 5.79. The van der Waals surface area contributed by atoms with E-state index in [1.54, 1.807) is 0 Å². The van der Waals surface area contributed by atoms with Gasteiger partial charge in [0.15, 0.2) is 0 Å². The van der Waals surface area contributed by atoms with E-state index in [9.17, 15) is 0 Å². The lowest BCUT2D eigenvalue weighted by molar-refractivity contribution is 0.140. The second-order valence-electron chi connectivity index (χ2n) is 6.27. The molecule has 0 aromatic rings. The molecule has 1 nitrogen and oxygen atoms in total. The van der Waals surface area contributed by atoms with Crippen molar-refractivity contribution in [1.82, 2.24) is 4.84 Å². The second-order valence-corrected chi connectivity index (χ2v) is 8.26. The molecule has 1 fully saturated rings. The molecule has 3 heteroatoms. The predicted molar refractivity (Wildman–Crippen MR) is 76.1 cm³/mol. The minimum Gasteiger partial charge on any atom is -0.226 e. The quantitative estimate of drug-likeness (QED) is 0.755. The maximum Gasteiger partial charge on any atom is 0.0473 e. The zero-order chi connectivity index (χ0) is 12.4. The average molecular weight is 264 g/mol. The first kappa shape index (κ1) is 14.7. The molecule has 0 radical (unpaired) electrons. The van der Waals surface area contributed by atoms with Crippen molar-refractivity contribution in [3.8, 4) is 0 Å². The Morgan fingerprint density at radius 2 is 1.75 bits per heavy atom. The smallest absolute Gasteiger partial charge is 0.0473 e. The van der Waals surface area contributed by atoms with E-state index in [2.05, 4.69) is 39.5 Å². The average Bonchev–Trinajstić information content (AvgIpc) is 2.16. The minimum absolute atomic E-state index is 0.123. The molecule has 0 aromatic heterocycles. The standard InChI is InChI=1S/C13H26ClNS/c1-10-7-6-8-11(2)13(10,15-14)9-16-12(3,4)5/h10-11,15H,6-9H2,1-5H3/t10-,11+,13+. The predicted octanol–water partition coefficient (Wildman–Crippen LogP) is 4.46. The molecule has 1 saturated carbocycles. The number of nitrogens with one attached hydrogen (secondary N) is 1. The Kier molecular flexibility index (Phi) is 5.03. The van der Waals surface area contributed by atoms with Gasteiger partial charge in [-0.3, -0.25) is 0 Å². The van der Waals surface area contributed by atoms with Crippen LogP contribution in [0.1, 0.15) is 53.9 Å². The van der Waals surface area contributed by atoms with E-state index in [0.29, 0.717) is 16.6 Å². The highest BCUT2D eigenvalue weighted by Gasteiger charge is 2.43. The fraction of sp³-hybridized carbons (Fsp3) is 1.00. The van der Waals surface area contributed by atoms with E-state index in [1.807, 2.05) is 11.8 Å². The molecule has 0 aromatic carbocycles. The van der Waals surface area contributed by atoms with Crippen LogP contribution >= 0.6 is 23.5 Å². The zero-order valence-electron chi connectivity index (χ0n) is 11.3. The summed E-state index contributed by atoms with van der Waals surface area (Å²) in [6.45, 7) is 11.5. The van der Waals surface area contributed by atoms with E-state index in [-0.39, 0.29) is 5.54 Å². The van der Waals surface area contributed by atoms with Gasteiger partial charge in [0.1, 0.15) is 0 Å². The van der Waals surface area contributed by atoms with Gasteiger partial charge in [0.05, 0.1) is 0 Å². The van der Waals surface area contributed by atoms with Gasteiger partial charge in [-0.2, -0.15) is 11.8 Å². The first-order valence-corrected chi connectivity index (χ1v) is 7.70. The molecule has 0 heterocycles. The lowest BCUT2D eigenvalue weighted by atomic mass is 9.69. The van der Waals surface area contributed by atoms with Crippen LogP contribution in [0.3, 0.4) is 0 Å². The Bertz CT molecular complexity index is 214. The maximum absolute atomic E-state index is 6.09. The van der Waals surface area contributed by atoms with Crippen molar-refractivity contribution < 1.29 is 0 Å². The van der Waals surface area contributed by atoms with Gasteiger partial charge in [-0.1, -0.05) is 41.0 Å². The molecular formula is C13H26ClNS. The molecular weight excluding hydrogens is 238 g/mol. The maximum atomic E-state index is 6.09. The Morgan fingerprint density at radius 3 is 2.12 bits per heavy atom. The van der Waals surface area contributed by atoms with Crippen LogP contribution in [0, 0.1) is 11.8 Å². The van der Waals surface area contributed by atoms with Crippen LogP contribution in [0.25, 0.3) is 0 Å². The molecule has 0 bridgehead atoms. The Balaban J connectivity index is 2.73. The third kappa shape index (κ3) is 3.30. The van der Waals surface area contributed by atoms with Gasteiger partial charge >= 0.3 is 0 Å². The van der Waals surface area contributed by atoms with Crippen molar-refractivity contribution in [3.05, 3.63) is 0 Å². The van der Waals surface area contributed by atoms with Gasteiger partial charge in [0.25, 0.3) is 0 Å². The number of rotatable bonds is 3. The lowest BCUT2D eigenvalue weighted by Gasteiger charge is -2.47. The van der Waals surface area contributed by atoms with Gasteiger partial charge < -0.3 is 0 Å². The fourth-order valence-corrected chi connectivity index (χ4v) is 4.40. The van der Waals surface area contributed by atoms with Crippen molar-refractivity contribution in [3.63, 3.8) is 0 Å². The van der Waals surface area contributed by atoms with Gasteiger partial charge in [-0.05, 0) is 36.5 Å². The van der Waals surface area contributed by atoms with Crippen LogP contribution < -0.4 is 4.84 Å². The Morgan fingerprint density at radius 1 is 1.25 bits per heavy atom. The van der Waals surface area contributed by atoms with Crippen LogP contribution in [0.4, 0.5) is 0 Å². The van der Waals surface area contributed by atoms with E-state index >= 15 is 0 Å². The van der Waals surface area contributed by atoms with Gasteiger partial charge in [0.2, 0.25) is 0 Å². The summed E-state index contributed by atoms with van der Waals surface area (Å²) >= 11 is 8.12. The van der Waals surface area contributed by atoms with E-state index < -0.39 is 0 Å². The Hall–Kier alpha value is 0.600. The molecule has 1 aliphatic rings. The highest BCUT2D eigenvalue weighted by atomic mass is 35.5. The molecule has 0 unspecified atom stereocenters. The van der Waals surface area contributed by atoms with Gasteiger partial charge in [-0.15, -0.1) is 0 Å². The largest absolute Gasteiger partial charge is 0.226 e. The normalized spacial score (nSPS) is 36.4. The highest BCUT2D eigenvalue weighted by molar-refractivity contribution is 8.00. The summed E-state index contributed by atoms with van der Waals surface area (Å²) in [6, 6.07) is 0. The molecule has 3 atom stereocenters. The summed E-state index contributed by atoms with van der Waals surface area (Å²) in [5.41, 5.74) is 0.123. The van der Waals surface area contributed by atoms with Gasteiger partial charge in [-0.25, -0.2) is 4.84 Å². The van der Waals surface area contributed by atoms with E-state index in [0.717, 1.165) is 5.75 Å². The highest BCUT2D eigenvalue weighted by Crippen LogP contribution is 2.42. The monoisotopic (exact) mass is 263 g/mol. The molecule has 96 valence electrons. The second kappa shape index (κ2) is 5.49. The van der Waals surface area contributed by atoms with Crippen molar-refractivity contribution in [2.75, 3.05) is 5.75 Å². The van der Waals surface area contributed by atoms with Crippen LogP contribution in [-0.2, 0) is 0 Å². The van der Waals surface area contributed by atoms with Gasteiger partial charge in [0, 0.05) is 16.0 Å². The summed E-state index contributed by atoms with van der Waals surface area (Å²) in [4.78, 5) is 3.14. The molecule has 1 aliphatic carbocycles. The van der Waals surface area contributed by atoms with Crippen molar-refractivity contribution in [2.45, 2.75) is 64.2 Å². The SMILES string of the molecule is C[C@@H]1CCC[C@H](C)[C@@]1(CSC(C)(C)C)NCl. The van der Waals surface area contributed by atoms with Crippen LogP contribution in [0.15, 0.2) is 0 Å². The topological polar surface area (TPSA) is 12.0 Å². The zero-order valence-corrected chi connectivity index (χ0v) is 12.8. The van der Waals surface area contributed by atoms with E-state index in [4.69, 9.17) is 11.8 Å². The van der Waals surface area contributed by atoms with Crippen LogP contribution in [-0.4, -0.2) is 16.0 Å². The first-order valence-electron chi connectivity index (χ1n) is 6.33. The minimum atomic E-state index is 0.123.